The molecule has 2 bridgehead atoms. The van der Waals surface area contributed by atoms with Crippen molar-refractivity contribution < 1.29 is 33.1 Å². The molecule has 5 heterocycles. The maximum atomic E-state index is 13.0. The molecule has 2 unspecified atom stereocenters. The summed E-state index contributed by atoms with van der Waals surface area (Å²) >= 11 is 0. The molecule has 1 fully saturated rings. The maximum Gasteiger partial charge on any atom is 0.363 e. The first-order chi connectivity index (χ1) is 20.9. The number of furan rings is 2. The predicted octanol–water partition coefficient (Wildman–Crippen LogP) is 5.78. The Balaban J connectivity index is 1.12. The van der Waals surface area contributed by atoms with Gasteiger partial charge in [-0.25, -0.2) is 4.79 Å². The monoisotopic (exact) mass is 581 g/mol. The van der Waals surface area contributed by atoms with Gasteiger partial charge in [0, 0.05) is 48.4 Å². The normalized spacial score (nSPS) is 19.1. The second kappa shape index (κ2) is 10.6. The van der Waals surface area contributed by atoms with Crippen molar-refractivity contribution in [3.8, 4) is 5.75 Å². The van der Waals surface area contributed by atoms with E-state index in [9.17, 15) is 14.4 Å². The lowest BCUT2D eigenvalue weighted by Crippen LogP contribution is -2.39. The van der Waals surface area contributed by atoms with Crippen molar-refractivity contribution in [2.24, 2.45) is 0 Å². The third kappa shape index (κ3) is 4.45. The van der Waals surface area contributed by atoms with Crippen molar-refractivity contribution in [2.75, 3.05) is 20.3 Å². The SMILES string of the molecule is CCOC1CCN(Cc2c(OC)cc(C)c3[nH]ccc23)C(c2ccc(C(=O)ON3C(=O)c4c(c5ccc4o5)C3=O)cc2)C1. The van der Waals surface area contributed by atoms with E-state index in [2.05, 4.69) is 28.9 Å². The number of nitrogens with zero attached hydrogens (tertiary/aromatic N) is 2. The van der Waals surface area contributed by atoms with Gasteiger partial charge < -0.3 is 23.7 Å². The molecular weight excluding hydrogens is 550 g/mol. The molecule has 1 N–H and O–H groups in total. The van der Waals surface area contributed by atoms with E-state index in [1.807, 2.05) is 25.3 Å². The number of ether oxygens (including phenoxy) is 2. The zero-order valence-electron chi connectivity index (χ0n) is 24.1. The van der Waals surface area contributed by atoms with Gasteiger partial charge >= 0.3 is 5.97 Å². The van der Waals surface area contributed by atoms with Crippen LogP contribution in [-0.2, 0) is 16.1 Å². The zero-order chi connectivity index (χ0) is 29.8. The molecule has 7 rings (SSSR count). The molecule has 2 aliphatic heterocycles. The predicted molar refractivity (Wildman–Crippen MR) is 157 cm³/mol. The first-order valence-corrected chi connectivity index (χ1v) is 14.4. The summed E-state index contributed by atoms with van der Waals surface area (Å²) in [5.41, 5.74) is 5.47. The largest absolute Gasteiger partial charge is 0.496 e. The second-order valence-corrected chi connectivity index (χ2v) is 11.0. The number of rotatable bonds is 8. The van der Waals surface area contributed by atoms with E-state index in [1.165, 1.54) is 0 Å². The van der Waals surface area contributed by atoms with Crippen LogP contribution in [0.3, 0.4) is 0 Å². The van der Waals surface area contributed by atoms with E-state index in [0.29, 0.717) is 29.4 Å². The lowest BCUT2D eigenvalue weighted by Gasteiger charge is -2.40. The summed E-state index contributed by atoms with van der Waals surface area (Å²) in [5, 5.41) is 1.65. The number of carbonyl (C=O) groups excluding carboxylic acids is 3. The van der Waals surface area contributed by atoms with Gasteiger partial charge in [-0.2, -0.15) is 0 Å². The number of aryl methyl sites for hydroxylation is 1. The second-order valence-electron chi connectivity index (χ2n) is 11.0. The quantitative estimate of drug-likeness (QED) is 0.230. The van der Waals surface area contributed by atoms with Crippen LogP contribution < -0.4 is 4.74 Å². The lowest BCUT2D eigenvalue weighted by molar-refractivity contribution is -0.0584. The van der Waals surface area contributed by atoms with Gasteiger partial charge in [0.2, 0.25) is 0 Å². The van der Waals surface area contributed by atoms with Gasteiger partial charge in [-0.05, 0) is 74.2 Å². The van der Waals surface area contributed by atoms with Crippen molar-refractivity contribution in [2.45, 2.75) is 45.4 Å². The van der Waals surface area contributed by atoms with Crippen molar-refractivity contribution in [1.82, 2.24) is 14.9 Å². The first kappa shape index (κ1) is 27.2. The molecule has 3 aromatic heterocycles. The highest BCUT2D eigenvalue weighted by atomic mass is 16.7. The van der Waals surface area contributed by atoms with E-state index in [4.69, 9.17) is 18.7 Å². The molecular formula is C33H31N3O7. The Kier molecular flexibility index (Phi) is 6.67. The van der Waals surface area contributed by atoms with Gasteiger partial charge in [-0.15, -0.1) is 0 Å². The fourth-order valence-corrected chi connectivity index (χ4v) is 6.52. The average Bonchev–Trinajstić information content (AvgIpc) is 3.81. The van der Waals surface area contributed by atoms with Crippen molar-refractivity contribution in [1.29, 1.82) is 0 Å². The number of likely N-dealkylation sites (tertiary alicyclic amines) is 1. The molecule has 220 valence electrons. The fraction of sp³-hybridized carbons (Fsp3) is 0.303. The summed E-state index contributed by atoms with van der Waals surface area (Å²) in [5.74, 6) is -1.35. The third-order valence-corrected chi connectivity index (χ3v) is 8.61. The van der Waals surface area contributed by atoms with Gasteiger partial charge in [0.05, 0.1) is 18.8 Å². The van der Waals surface area contributed by atoms with Gasteiger partial charge in [0.15, 0.2) is 0 Å². The summed E-state index contributed by atoms with van der Waals surface area (Å²) in [7, 11) is 1.70. The third-order valence-electron chi connectivity index (χ3n) is 8.61. The Labute approximate surface area is 247 Å². The summed E-state index contributed by atoms with van der Waals surface area (Å²) in [6.07, 6.45) is 3.78. The topological polar surface area (TPSA) is 114 Å². The number of imide groups is 1. The van der Waals surface area contributed by atoms with E-state index >= 15 is 0 Å². The Hall–Kier alpha value is -4.67. The molecule has 0 saturated carbocycles. The average molecular weight is 582 g/mol. The molecule has 43 heavy (non-hydrogen) atoms. The number of H-pyrrole nitrogens is 1. The van der Waals surface area contributed by atoms with Crippen molar-refractivity contribution in [3.05, 3.63) is 88.1 Å². The number of methoxy groups -OCH3 is 1. The molecule has 5 aromatic rings. The summed E-state index contributed by atoms with van der Waals surface area (Å²) < 4.78 is 17.3. The van der Waals surface area contributed by atoms with Crippen LogP contribution in [0.4, 0.5) is 0 Å². The van der Waals surface area contributed by atoms with Gasteiger partial charge in [-0.1, -0.05) is 17.2 Å². The summed E-state index contributed by atoms with van der Waals surface area (Å²) in [4.78, 5) is 49.7. The van der Waals surface area contributed by atoms with Crippen LogP contribution in [0.2, 0.25) is 0 Å². The van der Waals surface area contributed by atoms with Gasteiger partial charge in [-0.3, -0.25) is 14.5 Å². The molecule has 0 spiro atoms. The number of carbonyl (C=O) groups is 3. The molecule has 2 aliphatic rings. The molecule has 1 saturated heterocycles. The van der Waals surface area contributed by atoms with Crippen LogP contribution in [0.15, 0.2) is 59.1 Å². The number of hydrogen-bond donors (Lipinski definition) is 1. The van der Waals surface area contributed by atoms with Crippen LogP contribution in [0.1, 0.15) is 73.6 Å². The Bertz CT molecular complexity index is 1810. The molecule has 0 aliphatic carbocycles. The van der Waals surface area contributed by atoms with E-state index in [1.54, 1.807) is 31.4 Å². The van der Waals surface area contributed by atoms with Crippen LogP contribution in [0.25, 0.3) is 22.1 Å². The van der Waals surface area contributed by atoms with Crippen molar-refractivity contribution >= 4 is 39.9 Å². The fourth-order valence-electron chi connectivity index (χ4n) is 6.52. The van der Waals surface area contributed by atoms with Crippen LogP contribution in [-0.4, -0.2) is 59.1 Å². The number of aromatic nitrogens is 1. The Morgan fingerprint density at radius 2 is 1.77 bits per heavy atom. The maximum absolute atomic E-state index is 13.0. The van der Waals surface area contributed by atoms with Crippen LogP contribution in [0.5, 0.6) is 5.75 Å². The Morgan fingerprint density at radius 3 is 2.44 bits per heavy atom. The number of amides is 2. The lowest BCUT2D eigenvalue weighted by atomic mass is 9.91. The minimum atomic E-state index is -0.794. The van der Waals surface area contributed by atoms with Gasteiger partial charge in [0.1, 0.15) is 28.0 Å². The number of piperidine rings is 1. The number of hydroxylamine groups is 2. The standard InChI is InChI=1S/C33H31N3O7/c1-4-41-21-12-14-35(17-23-22-11-13-34-30(22)18(2)15-27(23)40-3)24(16-21)19-5-7-20(8-6-19)33(39)43-36-31(37)28-25-9-10-26(42-25)29(28)32(36)38/h5-11,13,15,21,24,34H,4,12,14,16-17H2,1-3H3. The highest BCUT2D eigenvalue weighted by molar-refractivity contribution is 6.27. The zero-order valence-corrected chi connectivity index (χ0v) is 24.1. The molecule has 2 atom stereocenters. The smallest absolute Gasteiger partial charge is 0.363 e. The summed E-state index contributed by atoms with van der Waals surface area (Å²) in [6, 6.07) is 14.6. The number of fused-ring (bicyclic) bond motifs is 6. The van der Waals surface area contributed by atoms with Crippen molar-refractivity contribution in [3.63, 3.8) is 0 Å². The van der Waals surface area contributed by atoms with Crippen LogP contribution in [0, 0.1) is 6.92 Å². The van der Waals surface area contributed by atoms with Gasteiger partial charge in [0.25, 0.3) is 11.8 Å². The molecule has 2 aromatic carbocycles. The first-order valence-electron chi connectivity index (χ1n) is 14.4. The highest BCUT2D eigenvalue weighted by Gasteiger charge is 2.44. The molecule has 0 radical (unpaired) electrons. The number of benzene rings is 3. The number of aromatic amines is 1. The Morgan fingerprint density at radius 1 is 1.05 bits per heavy atom. The summed E-state index contributed by atoms with van der Waals surface area (Å²) in [6.45, 7) is 6.23. The molecule has 10 nitrogen and oxygen atoms in total. The number of nitrogens with one attached hydrogen (secondary N) is 1. The van der Waals surface area contributed by atoms with Crippen LogP contribution >= 0.6 is 0 Å². The minimum absolute atomic E-state index is 0.0290. The molecule has 10 heteroatoms. The van der Waals surface area contributed by atoms with E-state index < -0.39 is 17.8 Å². The number of hydrogen-bond acceptors (Lipinski definition) is 8. The minimum Gasteiger partial charge on any atom is -0.496 e. The van der Waals surface area contributed by atoms with E-state index in [0.717, 1.165) is 52.7 Å². The molecule has 2 amide bonds. The highest BCUT2D eigenvalue weighted by Crippen LogP contribution is 2.39. The van der Waals surface area contributed by atoms with E-state index in [-0.39, 0.29) is 28.8 Å².